The zero-order valence-electron chi connectivity index (χ0n) is 13.5. The maximum Gasteiger partial charge on any atom is 0.265 e. The van der Waals surface area contributed by atoms with Gasteiger partial charge in [0.25, 0.3) is 10.0 Å². The third-order valence-electron chi connectivity index (χ3n) is 4.30. The number of sulfonamides is 1. The minimum Gasteiger partial charge on any atom is -0.495 e. The number of methoxy groups -OCH3 is 1. The molecule has 132 valence electrons. The van der Waals surface area contributed by atoms with Crippen LogP contribution in [0.2, 0.25) is 5.02 Å². The maximum atomic E-state index is 13.0. The van der Waals surface area contributed by atoms with Crippen molar-refractivity contribution in [2.75, 3.05) is 25.0 Å². The van der Waals surface area contributed by atoms with Crippen molar-refractivity contribution < 1.29 is 22.6 Å². The van der Waals surface area contributed by atoms with E-state index in [0.29, 0.717) is 41.8 Å². The molecule has 2 aliphatic rings. The van der Waals surface area contributed by atoms with Crippen molar-refractivity contribution in [3.63, 3.8) is 0 Å². The lowest BCUT2D eigenvalue weighted by atomic mass is 10.0. The Labute approximate surface area is 150 Å². The molecule has 2 heterocycles. The van der Waals surface area contributed by atoms with E-state index in [1.807, 2.05) is 6.07 Å². The van der Waals surface area contributed by atoms with Gasteiger partial charge in [0.05, 0.1) is 26.0 Å². The number of anilines is 1. The molecule has 2 aromatic carbocycles. The van der Waals surface area contributed by atoms with Gasteiger partial charge >= 0.3 is 0 Å². The van der Waals surface area contributed by atoms with Gasteiger partial charge in [-0.05, 0) is 24.3 Å². The molecule has 0 atom stereocenters. The largest absolute Gasteiger partial charge is 0.495 e. The molecule has 6 nitrogen and oxygen atoms in total. The Kier molecular flexibility index (Phi) is 3.92. The van der Waals surface area contributed by atoms with Crippen LogP contribution in [0.15, 0.2) is 29.2 Å². The Morgan fingerprint density at radius 2 is 1.96 bits per heavy atom. The Morgan fingerprint density at radius 3 is 2.76 bits per heavy atom. The first-order chi connectivity index (χ1) is 12.0. The Morgan fingerprint density at radius 1 is 1.16 bits per heavy atom. The lowest BCUT2D eigenvalue weighted by Crippen LogP contribution is -2.16. The molecule has 2 aliphatic heterocycles. The minimum atomic E-state index is -3.92. The smallest absolute Gasteiger partial charge is 0.265 e. The normalized spacial score (nSPS) is 15.1. The maximum absolute atomic E-state index is 13.0. The van der Waals surface area contributed by atoms with Crippen molar-refractivity contribution in [3.05, 3.63) is 40.4 Å². The second-order valence-electron chi connectivity index (χ2n) is 5.81. The summed E-state index contributed by atoms with van der Waals surface area (Å²) in [5.41, 5.74) is 2.20. The first-order valence-electron chi connectivity index (χ1n) is 7.80. The van der Waals surface area contributed by atoms with Gasteiger partial charge in [-0.25, -0.2) is 8.42 Å². The SMILES string of the molecule is COc1ccc(Cl)cc1S(=O)(=O)Nc1c2c(cc3c1OCC3)OCC2. The highest BCUT2D eigenvalue weighted by molar-refractivity contribution is 7.92. The second-order valence-corrected chi connectivity index (χ2v) is 7.90. The van der Waals surface area contributed by atoms with Crippen LogP contribution < -0.4 is 18.9 Å². The molecule has 0 unspecified atom stereocenters. The van der Waals surface area contributed by atoms with Gasteiger partial charge in [0.2, 0.25) is 0 Å². The number of fused-ring (bicyclic) bond motifs is 2. The van der Waals surface area contributed by atoms with E-state index in [0.717, 1.165) is 17.5 Å². The van der Waals surface area contributed by atoms with Gasteiger partial charge in [-0.3, -0.25) is 4.72 Å². The van der Waals surface area contributed by atoms with Crippen LogP contribution in [-0.4, -0.2) is 28.7 Å². The standard InChI is InChI=1S/C17H16ClNO5S/c1-22-13-3-2-11(18)9-15(13)25(20,21)19-16-12-5-7-23-14(12)8-10-4-6-24-17(10)16/h2-3,8-9,19H,4-7H2,1H3. The fraction of sp³-hybridized carbons (Fsp3) is 0.294. The molecule has 2 aromatic rings. The van der Waals surface area contributed by atoms with Crippen LogP contribution in [-0.2, 0) is 22.9 Å². The van der Waals surface area contributed by atoms with Crippen molar-refractivity contribution in [2.24, 2.45) is 0 Å². The molecule has 0 spiro atoms. The molecule has 25 heavy (non-hydrogen) atoms. The number of halogens is 1. The summed E-state index contributed by atoms with van der Waals surface area (Å²) in [6, 6.07) is 6.40. The molecule has 0 fully saturated rings. The summed E-state index contributed by atoms with van der Waals surface area (Å²) < 4.78 is 45.1. The third-order valence-corrected chi connectivity index (χ3v) is 5.91. The van der Waals surface area contributed by atoms with E-state index in [1.165, 1.54) is 19.2 Å². The summed E-state index contributed by atoms with van der Waals surface area (Å²) >= 11 is 5.98. The van der Waals surface area contributed by atoms with Gasteiger partial charge in [-0.2, -0.15) is 0 Å². The molecule has 1 N–H and O–H groups in total. The molecule has 0 radical (unpaired) electrons. The summed E-state index contributed by atoms with van der Waals surface area (Å²) in [5, 5.41) is 0.310. The van der Waals surface area contributed by atoms with E-state index < -0.39 is 10.0 Å². The van der Waals surface area contributed by atoms with E-state index >= 15 is 0 Å². The fourth-order valence-electron chi connectivity index (χ4n) is 3.14. The first-order valence-corrected chi connectivity index (χ1v) is 9.66. The number of hydrogen-bond donors (Lipinski definition) is 1. The highest BCUT2D eigenvalue weighted by atomic mass is 35.5. The van der Waals surface area contributed by atoms with E-state index in [2.05, 4.69) is 4.72 Å². The molecular weight excluding hydrogens is 366 g/mol. The summed E-state index contributed by atoms with van der Waals surface area (Å²) in [5.74, 6) is 1.51. The number of rotatable bonds is 4. The van der Waals surface area contributed by atoms with Crippen LogP contribution in [0.5, 0.6) is 17.2 Å². The van der Waals surface area contributed by atoms with Gasteiger partial charge in [0.1, 0.15) is 22.1 Å². The average Bonchev–Trinajstić information content (AvgIpc) is 3.23. The molecule has 0 aromatic heterocycles. The number of hydrogen-bond acceptors (Lipinski definition) is 5. The molecule has 0 saturated heterocycles. The molecule has 0 bridgehead atoms. The van der Waals surface area contributed by atoms with Crippen molar-refractivity contribution in [1.82, 2.24) is 0 Å². The fourth-order valence-corrected chi connectivity index (χ4v) is 4.67. The van der Waals surface area contributed by atoms with Crippen molar-refractivity contribution in [1.29, 1.82) is 0 Å². The molecule has 0 amide bonds. The van der Waals surface area contributed by atoms with Gasteiger partial charge in [0.15, 0.2) is 0 Å². The van der Waals surface area contributed by atoms with E-state index in [4.69, 9.17) is 25.8 Å². The number of benzene rings is 2. The minimum absolute atomic E-state index is 0.0224. The zero-order chi connectivity index (χ0) is 17.6. The monoisotopic (exact) mass is 381 g/mol. The average molecular weight is 382 g/mol. The van der Waals surface area contributed by atoms with Crippen LogP contribution in [0, 0.1) is 0 Å². The van der Waals surface area contributed by atoms with Crippen molar-refractivity contribution in [3.8, 4) is 17.2 Å². The highest BCUT2D eigenvalue weighted by Gasteiger charge is 2.30. The van der Waals surface area contributed by atoms with Crippen molar-refractivity contribution in [2.45, 2.75) is 17.7 Å². The molecule has 0 aliphatic carbocycles. The first kappa shape index (κ1) is 16.4. The summed E-state index contributed by atoms with van der Waals surface area (Å²) in [6.07, 6.45) is 1.34. The van der Waals surface area contributed by atoms with E-state index in [9.17, 15) is 8.42 Å². The van der Waals surface area contributed by atoms with Gasteiger partial charge in [0, 0.05) is 29.0 Å². The quantitative estimate of drug-likeness (QED) is 0.881. The Balaban J connectivity index is 1.82. The molecular formula is C17H16ClNO5S. The van der Waals surface area contributed by atoms with Crippen LogP contribution in [0.25, 0.3) is 0 Å². The lowest BCUT2D eigenvalue weighted by molar-refractivity contribution is 0.356. The third kappa shape index (κ3) is 2.77. The van der Waals surface area contributed by atoms with Crippen LogP contribution in [0.1, 0.15) is 11.1 Å². The highest BCUT2D eigenvalue weighted by Crippen LogP contribution is 2.45. The zero-order valence-corrected chi connectivity index (χ0v) is 15.0. The topological polar surface area (TPSA) is 73.9 Å². The number of nitrogens with one attached hydrogen (secondary N) is 1. The summed E-state index contributed by atoms with van der Waals surface area (Å²) in [4.78, 5) is -0.0224. The number of ether oxygens (including phenoxy) is 3. The Bertz CT molecular complexity index is 926. The summed E-state index contributed by atoms with van der Waals surface area (Å²) in [6.45, 7) is 1.04. The molecule has 4 rings (SSSR count). The predicted octanol–water partition coefficient (Wildman–Crippen LogP) is 3.02. The van der Waals surface area contributed by atoms with Crippen molar-refractivity contribution >= 4 is 27.3 Å². The van der Waals surface area contributed by atoms with Gasteiger partial charge in [-0.15, -0.1) is 0 Å². The Hall–Kier alpha value is -2.12. The van der Waals surface area contributed by atoms with E-state index in [-0.39, 0.29) is 10.6 Å². The van der Waals surface area contributed by atoms with E-state index in [1.54, 1.807) is 6.07 Å². The second kappa shape index (κ2) is 6.00. The molecule has 0 saturated carbocycles. The predicted molar refractivity (Wildman–Crippen MR) is 93.7 cm³/mol. The lowest BCUT2D eigenvalue weighted by Gasteiger charge is -2.16. The van der Waals surface area contributed by atoms with Gasteiger partial charge in [-0.1, -0.05) is 11.6 Å². The summed E-state index contributed by atoms with van der Waals surface area (Å²) in [7, 11) is -2.50. The van der Waals surface area contributed by atoms with Crippen LogP contribution >= 0.6 is 11.6 Å². The molecule has 8 heteroatoms. The van der Waals surface area contributed by atoms with Crippen LogP contribution in [0.3, 0.4) is 0 Å². The van der Waals surface area contributed by atoms with Gasteiger partial charge < -0.3 is 14.2 Å². The van der Waals surface area contributed by atoms with Crippen LogP contribution in [0.4, 0.5) is 5.69 Å².